The van der Waals surface area contributed by atoms with Gasteiger partial charge in [0.05, 0.1) is 16.1 Å². The molecule has 0 saturated heterocycles. The van der Waals surface area contributed by atoms with E-state index in [0.717, 1.165) is 0 Å². The van der Waals surface area contributed by atoms with E-state index in [1.807, 2.05) is 0 Å². The summed E-state index contributed by atoms with van der Waals surface area (Å²) in [7, 11) is 0. The zero-order valence-electron chi connectivity index (χ0n) is 13.1. The average Bonchev–Trinajstić information content (AvgIpc) is 2.64. The van der Waals surface area contributed by atoms with Crippen LogP contribution in [-0.2, 0) is 0 Å². The second kappa shape index (κ2) is 6.20. The number of nitrogens with zero attached hydrogens (tertiary/aromatic N) is 3. The molecule has 0 spiro atoms. The van der Waals surface area contributed by atoms with Gasteiger partial charge in [-0.1, -0.05) is 11.6 Å². The van der Waals surface area contributed by atoms with Gasteiger partial charge in [0.15, 0.2) is 5.82 Å². The lowest BCUT2D eigenvalue weighted by Crippen LogP contribution is -2.01. The van der Waals surface area contributed by atoms with Crippen LogP contribution in [0.1, 0.15) is 10.4 Å². The summed E-state index contributed by atoms with van der Waals surface area (Å²) in [4.78, 5) is 24.4. The van der Waals surface area contributed by atoms with Crippen molar-refractivity contribution in [2.24, 2.45) is 0 Å². The molecule has 2 N–H and O–H groups in total. The van der Waals surface area contributed by atoms with E-state index in [-0.39, 0.29) is 10.6 Å². The lowest BCUT2D eigenvalue weighted by atomic mass is 10.1. The molecule has 2 aromatic heterocycles. The van der Waals surface area contributed by atoms with E-state index in [0.29, 0.717) is 33.4 Å². The van der Waals surface area contributed by atoms with Crippen molar-refractivity contribution in [1.82, 2.24) is 15.0 Å². The lowest BCUT2D eigenvalue weighted by Gasteiger charge is -2.11. The van der Waals surface area contributed by atoms with Crippen LogP contribution in [0.5, 0.6) is 0 Å². The van der Waals surface area contributed by atoms with Crippen molar-refractivity contribution >= 4 is 51.0 Å². The zero-order chi connectivity index (χ0) is 18.3. The monoisotopic (exact) mass is 368 g/mol. The Labute approximate surface area is 151 Å². The van der Waals surface area contributed by atoms with Crippen LogP contribution < -0.4 is 5.32 Å². The predicted octanol–water partition coefficient (Wildman–Crippen LogP) is 4.41. The molecule has 0 bridgehead atoms. The third-order valence-corrected chi connectivity index (χ3v) is 4.13. The summed E-state index contributed by atoms with van der Waals surface area (Å²) in [5.74, 6) is -1.21. The first-order chi connectivity index (χ1) is 12.5. The standard InChI is InChI=1S/C18H10ClFN4O2/c19-12-8-10(2-4-13(12)20)23-17-16-15(21-5-6-22-16)11-3-1-9(18(25)26)7-14(11)24-17/h1-8H,(H,23,24)(H,25,26). The van der Waals surface area contributed by atoms with Crippen LogP contribution in [0.25, 0.3) is 21.9 Å². The molecule has 6 nitrogen and oxygen atoms in total. The van der Waals surface area contributed by atoms with Gasteiger partial charge in [-0.25, -0.2) is 19.2 Å². The third-order valence-electron chi connectivity index (χ3n) is 3.84. The van der Waals surface area contributed by atoms with Gasteiger partial charge in [0, 0.05) is 23.5 Å². The SMILES string of the molecule is O=C(O)c1ccc2c(c1)nc(Nc1ccc(F)c(Cl)c1)c1nccnc12. The number of hydrogen-bond acceptors (Lipinski definition) is 5. The summed E-state index contributed by atoms with van der Waals surface area (Å²) >= 11 is 5.82. The van der Waals surface area contributed by atoms with Crippen LogP contribution in [0, 0.1) is 5.82 Å². The predicted molar refractivity (Wildman–Crippen MR) is 96.5 cm³/mol. The van der Waals surface area contributed by atoms with Gasteiger partial charge in [-0.05, 0) is 36.4 Å². The number of anilines is 2. The summed E-state index contributed by atoms with van der Waals surface area (Å²) < 4.78 is 13.4. The Morgan fingerprint density at radius 3 is 2.58 bits per heavy atom. The van der Waals surface area contributed by atoms with Crippen molar-refractivity contribution < 1.29 is 14.3 Å². The number of fused-ring (bicyclic) bond motifs is 3. The minimum Gasteiger partial charge on any atom is -0.478 e. The van der Waals surface area contributed by atoms with Crippen molar-refractivity contribution in [1.29, 1.82) is 0 Å². The van der Waals surface area contributed by atoms with Crippen molar-refractivity contribution in [3.8, 4) is 0 Å². The highest BCUT2D eigenvalue weighted by atomic mass is 35.5. The maximum atomic E-state index is 13.4. The fourth-order valence-electron chi connectivity index (χ4n) is 2.64. The minimum absolute atomic E-state index is 0.0284. The van der Waals surface area contributed by atoms with Gasteiger partial charge in [-0.2, -0.15) is 0 Å². The highest BCUT2D eigenvalue weighted by Gasteiger charge is 2.13. The van der Waals surface area contributed by atoms with Crippen molar-refractivity contribution in [3.63, 3.8) is 0 Å². The number of halogens is 2. The van der Waals surface area contributed by atoms with E-state index in [1.165, 1.54) is 36.5 Å². The fraction of sp³-hybridized carbons (Fsp3) is 0. The summed E-state index contributed by atoms with van der Waals surface area (Å²) in [6.45, 7) is 0. The Kier molecular flexibility index (Phi) is 3.85. The van der Waals surface area contributed by atoms with Gasteiger partial charge in [-0.15, -0.1) is 0 Å². The van der Waals surface area contributed by atoms with Gasteiger partial charge in [0.2, 0.25) is 0 Å². The highest BCUT2D eigenvalue weighted by Crippen LogP contribution is 2.30. The molecule has 4 aromatic rings. The van der Waals surface area contributed by atoms with E-state index in [1.54, 1.807) is 12.3 Å². The van der Waals surface area contributed by atoms with Crippen LogP contribution in [0.15, 0.2) is 48.8 Å². The number of aromatic carboxylic acids is 1. The number of carboxylic acids is 1. The number of benzene rings is 2. The molecule has 2 heterocycles. The molecule has 128 valence electrons. The van der Waals surface area contributed by atoms with Gasteiger partial charge in [-0.3, -0.25) is 4.98 Å². The smallest absolute Gasteiger partial charge is 0.335 e. The summed E-state index contributed by atoms with van der Waals surface area (Å²) in [6.07, 6.45) is 3.08. The van der Waals surface area contributed by atoms with E-state index >= 15 is 0 Å². The normalized spacial score (nSPS) is 11.0. The first-order valence-electron chi connectivity index (χ1n) is 7.53. The molecule has 0 aliphatic rings. The van der Waals surface area contributed by atoms with Crippen LogP contribution in [0.2, 0.25) is 5.02 Å². The van der Waals surface area contributed by atoms with E-state index in [4.69, 9.17) is 11.6 Å². The van der Waals surface area contributed by atoms with Gasteiger partial charge in [0.25, 0.3) is 0 Å². The maximum absolute atomic E-state index is 13.4. The third kappa shape index (κ3) is 2.78. The van der Waals surface area contributed by atoms with Gasteiger partial charge < -0.3 is 10.4 Å². The summed E-state index contributed by atoms with van der Waals surface area (Å²) in [5, 5.41) is 12.9. The molecule has 0 amide bonds. The Morgan fingerprint density at radius 1 is 1.08 bits per heavy atom. The second-order valence-corrected chi connectivity index (χ2v) is 5.91. The molecule has 8 heteroatoms. The summed E-state index contributed by atoms with van der Waals surface area (Å²) in [5.41, 5.74) is 2.16. The highest BCUT2D eigenvalue weighted by molar-refractivity contribution is 6.31. The number of nitrogens with one attached hydrogen (secondary N) is 1. The van der Waals surface area contributed by atoms with E-state index in [2.05, 4.69) is 20.3 Å². The Bertz CT molecular complexity index is 1180. The number of rotatable bonds is 3. The molecular weight excluding hydrogens is 359 g/mol. The Balaban J connectivity index is 1.93. The molecule has 0 radical (unpaired) electrons. The largest absolute Gasteiger partial charge is 0.478 e. The average molecular weight is 369 g/mol. The molecule has 0 aliphatic heterocycles. The molecule has 2 aromatic carbocycles. The maximum Gasteiger partial charge on any atom is 0.335 e. The molecule has 0 unspecified atom stereocenters. The quantitative estimate of drug-likeness (QED) is 0.521. The summed E-state index contributed by atoms with van der Waals surface area (Å²) in [6, 6.07) is 8.80. The molecule has 0 atom stereocenters. The topological polar surface area (TPSA) is 88.0 Å². The number of aromatic nitrogens is 3. The first-order valence-corrected chi connectivity index (χ1v) is 7.90. The van der Waals surface area contributed by atoms with Crippen molar-refractivity contribution in [2.75, 3.05) is 5.32 Å². The Hall–Kier alpha value is -3.32. The molecule has 0 aliphatic carbocycles. The number of hydrogen-bond donors (Lipinski definition) is 2. The molecular formula is C18H10ClFN4O2. The van der Waals surface area contributed by atoms with E-state index in [9.17, 15) is 14.3 Å². The second-order valence-electron chi connectivity index (χ2n) is 5.50. The molecule has 4 rings (SSSR count). The van der Waals surface area contributed by atoms with E-state index < -0.39 is 11.8 Å². The molecule has 26 heavy (non-hydrogen) atoms. The minimum atomic E-state index is -1.05. The lowest BCUT2D eigenvalue weighted by molar-refractivity contribution is 0.0697. The molecule has 0 saturated carbocycles. The van der Waals surface area contributed by atoms with Crippen LogP contribution in [0.4, 0.5) is 15.9 Å². The molecule has 0 fully saturated rings. The number of pyridine rings is 1. The van der Waals surface area contributed by atoms with Crippen LogP contribution in [-0.4, -0.2) is 26.0 Å². The zero-order valence-corrected chi connectivity index (χ0v) is 13.8. The van der Waals surface area contributed by atoms with Gasteiger partial charge >= 0.3 is 5.97 Å². The first kappa shape index (κ1) is 16.2. The fourth-order valence-corrected chi connectivity index (χ4v) is 2.82. The van der Waals surface area contributed by atoms with Crippen molar-refractivity contribution in [3.05, 3.63) is 65.2 Å². The Morgan fingerprint density at radius 2 is 1.85 bits per heavy atom. The van der Waals surface area contributed by atoms with Crippen LogP contribution >= 0.6 is 11.6 Å². The van der Waals surface area contributed by atoms with Crippen LogP contribution in [0.3, 0.4) is 0 Å². The van der Waals surface area contributed by atoms with Crippen molar-refractivity contribution in [2.45, 2.75) is 0 Å². The number of carbonyl (C=O) groups is 1. The number of carboxylic acid groups (broad SMARTS) is 1. The van der Waals surface area contributed by atoms with Gasteiger partial charge in [0.1, 0.15) is 16.9 Å².